The molecule has 1 N–H and O–H groups in total. The van der Waals surface area contributed by atoms with Gasteiger partial charge in [0.05, 0.1) is 29.1 Å². The van der Waals surface area contributed by atoms with Crippen LogP contribution in [0, 0.1) is 10.1 Å². The van der Waals surface area contributed by atoms with E-state index in [1.54, 1.807) is 31.7 Å². The van der Waals surface area contributed by atoms with Crippen LogP contribution >= 0.6 is 11.8 Å². The van der Waals surface area contributed by atoms with Gasteiger partial charge in [-0.05, 0) is 75.6 Å². The van der Waals surface area contributed by atoms with Crippen molar-refractivity contribution in [3.8, 4) is 0 Å². The number of nitrogens with zero attached hydrogens (tertiary/aromatic N) is 1. The number of hydrogen-bond donors (Lipinski definition) is 1. The topological polar surface area (TPSA) is 126 Å². The number of esters is 2. The predicted molar refractivity (Wildman–Crippen MR) is 167 cm³/mol. The van der Waals surface area contributed by atoms with Crippen LogP contribution in [0.2, 0.25) is 0 Å². The summed E-state index contributed by atoms with van der Waals surface area (Å²) in [6, 6.07) is 14.3. The molecule has 10 nitrogen and oxygen atoms in total. The lowest BCUT2D eigenvalue weighted by Gasteiger charge is -2.30. The largest absolute Gasteiger partial charge is 0.466 e. The fourth-order valence-electron chi connectivity index (χ4n) is 5.41. The minimum absolute atomic E-state index is 0.0351. The number of carbonyl (C=O) groups is 2. The van der Waals surface area contributed by atoms with E-state index >= 15 is 0 Å². The number of unbranched alkanes of at least 4 members (excludes halogenated alkanes) is 1. The fraction of sp³-hybridized carbons (Fsp3) is 0.455. The summed E-state index contributed by atoms with van der Waals surface area (Å²) in [4.78, 5) is 38.2. The van der Waals surface area contributed by atoms with E-state index < -0.39 is 22.8 Å². The molecule has 0 aromatic heterocycles. The van der Waals surface area contributed by atoms with Gasteiger partial charge < -0.3 is 24.3 Å². The molecule has 2 heterocycles. The van der Waals surface area contributed by atoms with Crippen molar-refractivity contribution >= 4 is 29.4 Å². The number of non-ortho nitro benzene ring substituents is 1. The third-order valence-electron chi connectivity index (χ3n) is 7.61. The molecule has 0 bridgehead atoms. The number of nitrogens with one attached hydrogen (secondary N) is 1. The van der Waals surface area contributed by atoms with Gasteiger partial charge in [0.1, 0.15) is 6.61 Å². The van der Waals surface area contributed by atoms with Gasteiger partial charge >= 0.3 is 11.9 Å². The first-order valence-corrected chi connectivity index (χ1v) is 15.9. The van der Waals surface area contributed by atoms with Gasteiger partial charge in [-0.15, -0.1) is 11.8 Å². The number of allylic oxidation sites excluding steroid dienone is 2. The standard InChI is InChI=1S/C33H40N2O8S/c1-22-29(32(36)40-3)31(25-10-8-11-26(21-25)35(38)39)30(23(2)34-22)33(37)43-19-20-44-27-15-13-24(14-16-27)9-4-6-17-41-28-12-5-7-18-42-28/h8,10-11,13-16,21,28,31,34H,4-7,9,12,17-20H2,1-3H3. The number of benzene rings is 2. The second kappa shape index (κ2) is 16.4. The van der Waals surface area contributed by atoms with E-state index in [1.807, 2.05) is 0 Å². The SMILES string of the molecule is COC(=O)C1=C(C)NC(C)=C(C(=O)OCCSc2ccc(CCCCOC3CCCCO3)cc2)C1c1cccc([N+](=O)[O-])c1. The monoisotopic (exact) mass is 624 g/mol. The molecule has 2 aromatic rings. The highest BCUT2D eigenvalue weighted by Gasteiger charge is 2.38. The molecule has 0 amide bonds. The fourth-order valence-corrected chi connectivity index (χ4v) is 6.14. The summed E-state index contributed by atoms with van der Waals surface area (Å²) in [5, 5.41) is 14.5. The number of nitro benzene ring substituents is 1. The quantitative estimate of drug-likeness (QED) is 0.0853. The van der Waals surface area contributed by atoms with E-state index in [0.717, 1.165) is 50.2 Å². The Morgan fingerprint density at radius 1 is 1.02 bits per heavy atom. The van der Waals surface area contributed by atoms with Crippen molar-refractivity contribution < 1.29 is 33.5 Å². The summed E-state index contributed by atoms with van der Waals surface area (Å²) < 4.78 is 22.1. The summed E-state index contributed by atoms with van der Waals surface area (Å²) in [6.07, 6.45) is 6.26. The number of methoxy groups -OCH3 is 1. The van der Waals surface area contributed by atoms with Gasteiger partial charge in [0.2, 0.25) is 0 Å². The van der Waals surface area contributed by atoms with Crippen LogP contribution < -0.4 is 5.32 Å². The molecule has 0 spiro atoms. The summed E-state index contributed by atoms with van der Waals surface area (Å²) >= 11 is 1.58. The molecule has 11 heteroatoms. The predicted octanol–water partition coefficient (Wildman–Crippen LogP) is 6.20. The van der Waals surface area contributed by atoms with Crippen LogP contribution in [-0.4, -0.2) is 55.8 Å². The highest BCUT2D eigenvalue weighted by Crippen LogP contribution is 2.40. The molecule has 236 valence electrons. The zero-order valence-corrected chi connectivity index (χ0v) is 26.3. The number of nitro groups is 1. The molecular weight excluding hydrogens is 584 g/mol. The molecule has 2 aliphatic heterocycles. The summed E-state index contributed by atoms with van der Waals surface area (Å²) in [7, 11) is 1.25. The van der Waals surface area contributed by atoms with Crippen LogP contribution in [0.1, 0.15) is 63.0 Å². The van der Waals surface area contributed by atoms with Crippen LogP contribution in [0.4, 0.5) is 5.69 Å². The third-order valence-corrected chi connectivity index (χ3v) is 8.59. The van der Waals surface area contributed by atoms with Crippen molar-refractivity contribution in [3.63, 3.8) is 0 Å². The van der Waals surface area contributed by atoms with E-state index in [9.17, 15) is 19.7 Å². The van der Waals surface area contributed by atoms with Gasteiger partial charge in [-0.25, -0.2) is 9.59 Å². The Kier molecular flexibility index (Phi) is 12.4. The Morgan fingerprint density at radius 2 is 1.77 bits per heavy atom. The Balaban J connectivity index is 1.30. The number of aryl methyl sites for hydroxylation is 1. The number of rotatable bonds is 14. The van der Waals surface area contributed by atoms with Crippen LogP contribution in [-0.2, 0) is 35.0 Å². The molecule has 2 unspecified atom stereocenters. The van der Waals surface area contributed by atoms with Gasteiger partial charge in [-0.2, -0.15) is 0 Å². The van der Waals surface area contributed by atoms with E-state index in [0.29, 0.717) is 22.7 Å². The molecular formula is C33H40N2O8S. The van der Waals surface area contributed by atoms with Gasteiger partial charge in [0.15, 0.2) is 6.29 Å². The minimum Gasteiger partial charge on any atom is -0.466 e. The van der Waals surface area contributed by atoms with E-state index in [1.165, 1.54) is 37.3 Å². The number of dihydropyridines is 1. The van der Waals surface area contributed by atoms with Crippen molar-refractivity contribution in [2.24, 2.45) is 0 Å². The Morgan fingerprint density at radius 3 is 2.45 bits per heavy atom. The zero-order valence-electron chi connectivity index (χ0n) is 25.5. The van der Waals surface area contributed by atoms with Gasteiger partial charge in [-0.1, -0.05) is 24.3 Å². The maximum absolute atomic E-state index is 13.4. The number of carbonyl (C=O) groups excluding carboxylic acids is 2. The first kappa shape index (κ1) is 33.2. The normalized spacial score (nSPS) is 18.5. The Bertz CT molecular complexity index is 1380. The third kappa shape index (κ3) is 8.93. The molecule has 1 saturated heterocycles. The smallest absolute Gasteiger partial charge is 0.336 e. The molecule has 0 radical (unpaired) electrons. The number of thioether (sulfide) groups is 1. The van der Waals surface area contributed by atoms with Crippen LogP contribution in [0.15, 0.2) is 76.0 Å². The van der Waals surface area contributed by atoms with Crippen molar-refractivity contribution in [1.29, 1.82) is 0 Å². The molecule has 2 atom stereocenters. The van der Waals surface area contributed by atoms with Crippen molar-refractivity contribution in [1.82, 2.24) is 5.32 Å². The first-order chi connectivity index (χ1) is 21.3. The average Bonchev–Trinajstić information content (AvgIpc) is 3.03. The van der Waals surface area contributed by atoms with Gasteiger partial charge in [0.25, 0.3) is 5.69 Å². The molecule has 0 saturated carbocycles. The van der Waals surface area contributed by atoms with E-state index in [4.69, 9.17) is 18.9 Å². The summed E-state index contributed by atoms with van der Waals surface area (Å²) in [6.45, 7) is 5.07. The van der Waals surface area contributed by atoms with Crippen molar-refractivity contribution in [2.45, 2.75) is 69.5 Å². The lowest BCUT2D eigenvalue weighted by atomic mass is 9.80. The molecule has 1 fully saturated rings. The Labute approximate surface area is 262 Å². The highest BCUT2D eigenvalue weighted by atomic mass is 32.2. The minimum atomic E-state index is -0.886. The highest BCUT2D eigenvalue weighted by molar-refractivity contribution is 7.99. The number of ether oxygens (including phenoxy) is 4. The first-order valence-electron chi connectivity index (χ1n) is 14.9. The van der Waals surface area contributed by atoms with Crippen LogP contribution in [0.25, 0.3) is 0 Å². The molecule has 0 aliphatic carbocycles. The maximum Gasteiger partial charge on any atom is 0.336 e. The maximum atomic E-state index is 13.4. The van der Waals surface area contributed by atoms with E-state index in [-0.39, 0.29) is 29.7 Å². The molecule has 2 aromatic carbocycles. The second-order valence-electron chi connectivity index (χ2n) is 10.7. The summed E-state index contributed by atoms with van der Waals surface area (Å²) in [5.74, 6) is -1.59. The second-order valence-corrected chi connectivity index (χ2v) is 11.9. The van der Waals surface area contributed by atoms with Crippen molar-refractivity contribution in [2.75, 3.05) is 32.7 Å². The van der Waals surface area contributed by atoms with Gasteiger partial charge in [-0.3, -0.25) is 10.1 Å². The average molecular weight is 625 g/mol. The lowest BCUT2D eigenvalue weighted by molar-refractivity contribution is -0.384. The number of hydrogen-bond acceptors (Lipinski definition) is 10. The van der Waals surface area contributed by atoms with Crippen LogP contribution in [0.3, 0.4) is 0 Å². The van der Waals surface area contributed by atoms with Gasteiger partial charge in [0, 0.05) is 47.4 Å². The lowest BCUT2D eigenvalue weighted by Crippen LogP contribution is -2.32. The van der Waals surface area contributed by atoms with Crippen LogP contribution in [0.5, 0.6) is 0 Å². The summed E-state index contributed by atoms with van der Waals surface area (Å²) in [5.41, 5.74) is 2.96. The molecule has 4 rings (SSSR count). The van der Waals surface area contributed by atoms with E-state index in [2.05, 4.69) is 29.6 Å². The molecule has 44 heavy (non-hydrogen) atoms. The van der Waals surface area contributed by atoms with Crippen molar-refractivity contribution in [3.05, 3.63) is 92.3 Å². The Hall–Kier alpha value is -3.67. The zero-order chi connectivity index (χ0) is 31.5. The molecule has 2 aliphatic rings.